The topological polar surface area (TPSA) is 32.8 Å². The normalized spacial score (nSPS) is 26.4. The van der Waals surface area contributed by atoms with Crippen molar-refractivity contribution < 1.29 is 13.9 Å². The summed E-state index contributed by atoms with van der Waals surface area (Å²) in [6.07, 6.45) is 1.60. The van der Waals surface area contributed by atoms with Crippen molar-refractivity contribution >= 4 is 27.7 Å². The second kappa shape index (κ2) is 6.77. The van der Waals surface area contributed by atoms with Gasteiger partial charge in [-0.1, -0.05) is 6.07 Å². The molecule has 4 rings (SSSR count). The summed E-state index contributed by atoms with van der Waals surface area (Å²) >= 11 is 3.18. The summed E-state index contributed by atoms with van der Waals surface area (Å²) in [7, 11) is 0. The molecule has 6 heteroatoms. The van der Waals surface area contributed by atoms with E-state index in [1.807, 2.05) is 13.8 Å². The number of piperidine rings is 3. The molecule has 2 bridgehead atoms. The van der Waals surface area contributed by atoms with Crippen LogP contribution in [0, 0.1) is 11.7 Å². The molecule has 0 spiro atoms. The first-order chi connectivity index (χ1) is 11.0. The fraction of sp³-hybridized carbons (Fsp3) is 0.588. The minimum Gasteiger partial charge on any atom is -0.444 e. The van der Waals surface area contributed by atoms with Gasteiger partial charge in [0.15, 0.2) is 5.82 Å². The Hall–Kier alpha value is -1.14. The van der Waals surface area contributed by atoms with Crippen LogP contribution in [0.1, 0.15) is 26.7 Å². The van der Waals surface area contributed by atoms with Crippen molar-refractivity contribution in [3.63, 3.8) is 0 Å². The summed E-state index contributed by atoms with van der Waals surface area (Å²) in [4.78, 5) is 16.4. The molecule has 3 aliphatic rings. The van der Waals surface area contributed by atoms with Gasteiger partial charge in [-0.25, -0.2) is 9.18 Å². The highest BCUT2D eigenvalue weighted by molar-refractivity contribution is 9.10. The van der Waals surface area contributed by atoms with Crippen molar-refractivity contribution in [3.8, 4) is 0 Å². The Morgan fingerprint density at radius 3 is 2.65 bits per heavy atom. The molecule has 4 nitrogen and oxygen atoms in total. The number of anilines is 1. The molecule has 1 aromatic rings. The number of hydrogen-bond acceptors (Lipinski definition) is 3. The number of hydrogen-bond donors (Lipinski definition) is 0. The minimum atomic E-state index is -0.462. The molecule has 1 amide bonds. The molecule has 1 atom stereocenters. The van der Waals surface area contributed by atoms with Crippen LogP contribution in [0.2, 0.25) is 0 Å². The Kier molecular flexibility index (Phi) is 4.92. The highest BCUT2D eigenvalue weighted by atomic mass is 79.9. The number of halogens is 2. The van der Waals surface area contributed by atoms with Gasteiger partial charge in [-0.2, -0.15) is 0 Å². The van der Waals surface area contributed by atoms with Crippen LogP contribution in [0.25, 0.3) is 0 Å². The molecule has 1 aromatic carbocycles. The maximum Gasteiger partial charge on any atom is 0.414 e. The summed E-state index contributed by atoms with van der Waals surface area (Å²) in [5, 5.41) is 0. The fourth-order valence-corrected chi connectivity index (χ4v) is 3.85. The molecule has 0 aliphatic carbocycles. The molecule has 3 heterocycles. The van der Waals surface area contributed by atoms with Crippen LogP contribution in [0.3, 0.4) is 0 Å². The van der Waals surface area contributed by atoms with Gasteiger partial charge in [-0.05, 0) is 73.8 Å². The van der Waals surface area contributed by atoms with Gasteiger partial charge in [0.1, 0.15) is 6.10 Å². The molecule has 23 heavy (non-hydrogen) atoms. The van der Waals surface area contributed by atoms with Crippen molar-refractivity contribution in [2.24, 2.45) is 5.92 Å². The van der Waals surface area contributed by atoms with Gasteiger partial charge in [-0.3, -0.25) is 9.80 Å². The van der Waals surface area contributed by atoms with Crippen molar-refractivity contribution in [2.75, 3.05) is 24.5 Å². The monoisotopic (exact) mass is 384 g/mol. The summed E-state index contributed by atoms with van der Waals surface area (Å²) in [5.41, 5.74) is 0.251. The number of ether oxygens (including phenoxy) is 1. The van der Waals surface area contributed by atoms with E-state index >= 15 is 0 Å². The highest BCUT2D eigenvalue weighted by Crippen LogP contribution is 2.32. The van der Waals surface area contributed by atoms with Gasteiger partial charge in [0.05, 0.1) is 10.2 Å². The zero-order valence-corrected chi connectivity index (χ0v) is 15.1. The van der Waals surface area contributed by atoms with Crippen LogP contribution >= 0.6 is 15.9 Å². The van der Waals surface area contributed by atoms with E-state index in [9.17, 15) is 9.18 Å². The maximum absolute atomic E-state index is 14.4. The quantitative estimate of drug-likeness (QED) is 0.788. The first-order valence-corrected chi connectivity index (χ1v) is 8.93. The van der Waals surface area contributed by atoms with Crippen molar-refractivity contribution in [3.05, 3.63) is 28.5 Å². The summed E-state index contributed by atoms with van der Waals surface area (Å²) in [6.45, 7) is 6.69. The third kappa shape index (κ3) is 3.38. The van der Waals surface area contributed by atoms with Crippen LogP contribution < -0.4 is 4.90 Å². The second-order valence-electron chi connectivity index (χ2n) is 6.60. The molecular weight excluding hydrogens is 363 g/mol. The van der Waals surface area contributed by atoms with E-state index in [0.29, 0.717) is 10.4 Å². The number of amides is 1. The molecule has 0 saturated carbocycles. The zero-order valence-electron chi connectivity index (χ0n) is 13.5. The molecule has 3 aliphatic heterocycles. The van der Waals surface area contributed by atoms with E-state index in [0.717, 1.165) is 32.5 Å². The van der Waals surface area contributed by atoms with Crippen molar-refractivity contribution in [2.45, 2.75) is 38.8 Å². The van der Waals surface area contributed by atoms with Crippen molar-refractivity contribution in [1.82, 2.24) is 4.90 Å². The number of carbonyl (C=O) groups is 1. The van der Waals surface area contributed by atoms with Gasteiger partial charge in [0, 0.05) is 12.6 Å². The van der Waals surface area contributed by atoms with E-state index in [1.165, 1.54) is 4.90 Å². The summed E-state index contributed by atoms with van der Waals surface area (Å²) in [6, 6.07) is 4.76. The van der Waals surface area contributed by atoms with Gasteiger partial charge in [-0.15, -0.1) is 0 Å². The van der Waals surface area contributed by atoms with Crippen LogP contribution in [0.4, 0.5) is 14.9 Å². The lowest BCUT2D eigenvalue weighted by Crippen LogP contribution is -2.53. The number of fused-ring (bicyclic) bond motifs is 3. The number of carbonyl (C=O) groups excluding carboxylic acids is 1. The zero-order chi connectivity index (χ0) is 16.6. The number of benzene rings is 1. The SMILES string of the molecule is CC(C)N(C(=O)OC1CN2CCC1CC2)c1cccc(Br)c1F. The predicted molar refractivity (Wildman–Crippen MR) is 91.1 cm³/mol. The molecule has 3 saturated heterocycles. The molecule has 126 valence electrons. The Bertz CT molecular complexity index is 588. The Labute approximate surface area is 144 Å². The Balaban J connectivity index is 1.78. The standard InChI is InChI=1S/C17H22BrFN2O2/c1-11(2)21(14-5-3-4-13(18)16(14)19)17(22)23-15-10-20-8-6-12(15)7-9-20/h3-5,11-12,15H,6-10H2,1-2H3. The minimum absolute atomic E-state index is 0.0820. The van der Waals surface area contributed by atoms with Gasteiger partial charge in [0.25, 0.3) is 0 Å². The first-order valence-electron chi connectivity index (χ1n) is 8.13. The largest absolute Gasteiger partial charge is 0.444 e. The number of rotatable bonds is 3. The van der Waals surface area contributed by atoms with Crippen LogP contribution in [0.15, 0.2) is 22.7 Å². The van der Waals surface area contributed by atoms with E-state index in [4.69, 9.17) is 4.74 Å². The molecule has 1 unspecified atom stereocenters. The number of nitrogens with zero attached hydrogens (tertiary/aromatic N) is 2. The average molecular weight is 385 g/mol. The van der Waals surface area contributed by atoms with E-state index in [1.54, 1.807) is 18.2 Å². The molecule has 3 fully saturated rings. The second-order valence-corrected chi connectivity index (χ2v) is 7.45. The summed E-state index contributed by atoms with van der Waals surface area (Å²) < 4.78 is 20.5. The van der Waals surface area contributed by atoms with E-state index < -0.39 is 11.9 Å². The van der Waals surface area contributed by atoms with Gasteiger partial charge >= 0.3 is 6.09 Å². The third-order valence-corrected chi connectivity index (χ3v) is 5.36. The fourth-order valence-electron chi connectivity index (χ4n) is 3.50. The molecule has 0 radical (unpaired) electrons. The van der Waals surface area contributed by atoms with Crippen molar-refractivity contribution in [1.29, 1.82) is 0 Å². The van der Waals surface area contributed by atoms with E-state index in [2.05, 4.69) is 20.8 Å². The summed E-state index contributed by atoms with van der Waals surface area (Å²) in [5.74, 6) is -0.00242. The lowest BCUT2D eigenvalue weighted by Gasteiger charge is -2.44. The highest BCUT2D eigenvalue weighted by Gasteiger charge is 2.38. The van der Waals surface area contributed by atoms with E-state index in [-0.39, 0.29) is 17.8 Å². The average Bonchev–Trinajstić information content (AvgIpc) is 2.52. The van der Waals surface area contributed by atoms with Crippen LogP contribution in [-0.2, 0) is 4.74 Å². The maximum atomic E-state index is 14.4. The van der Waals surface area contributed by atoms with Crippen LogP contribution in [0.5, 0.6) is 0 Å². The van der Waals surface area contributed by atoms with Gasteiger partial charge in [0.2, 0.25) is 0 Å². The Morgan fingerprint density at radius 2 is 2.09 bits per heavy atom. The lowest BCUT2D eigenvalue weighted by atomic mass is 9.86. The smallest absolute Gasteiger partial charge is 0.414 e. The lowest BCUT2D eigenvalue weighted by molar-refractivity contribution is -0.0314. The Morgan fingerprint density at radius 1 is 1.39 bits per heavy atom. The molecule has 0 N–H and O–H groups in total. The molecule has 0 aromatic heterocycles. The predicted octanol–water partition coefficient (Wildman–Crippen LogP) is 4.03. The first kappa shape index (κ1) is 16.7. The van der Waals surface area contributed by atoms with Gasteiger partial charge < -0.3 is 4.74 Å². The third-order valence-electron chi connectivity index (χ3n) is 4.75. The molecular formula is C17H22BrFN2O2. The van der Waals surface area contributed by atoms with Crippen LogP contribution in [-0.4, -0.2) is 42.8 Å².